The molecule has 0 saturated carbocycles. The van der Waals surface area contributed by atoms with Crippen LogP contribution in [-0.4, -0.2) is 0 Å². The van der Waals surface area contributed by atoms with Crippen molar-refractivity contribution < 1.29 is 4.74 Å². The number of hydrogen-bond acceptors (Lipinski definition) is 1. The lowest BCUT2D eigenvalue weighted by Crippen LogP contribution is -2.36. The SMILES string of the molecule is C=CCc1ccccc1OC(c1ccccc1)(c1ccccc1)c1ccccc1. The van der Waals surface area contributed by atoms with Crippen LogP contribution in [-0.2, 0) is 12.0 Å². The molecule has 0 aliphatic rings. The predicted octanol–water partition coefficient (Wildman–Crippen LogP) is 6.79. The Bertz CT molecular complexity index is 956. The normalized spacial score (nSPS) is 11.0. The van der Waals surface area contributed by atoms with Gasteiger partial charge in [0.05, 0.1) is 0 Å². The van der Waals surface area contributed by atoms with Gasteiger partial charge in [-0.1, -0.05) is 115 Å². The van der Waals surface area contributed by atoms with Gasteiger partial charge in [0.1, 0.15) is 5.75 Å². The maximum Gasteiger partial charge on any atom is 0.184 e. The fourth-order valence-electron chi connectivity index (χ4n) is 3.79. The van der Waals surface area contributed by atoms with Gasteiger partial charge in [-0.25, -0.2) is 0 Å². The third-order valence-electron chi connectivity index (χ3n) is 5.14. The van der Waals surface area contributed by atoms with Crippen LogP contribution in [0, 0.1) is 0 Å². The molecule has 0 radical (unpaired) electrons. The molecular formula is C28H24O. The van der Waals surface area contributed by atoms with Gasteiger partial charge in [-0.05, 0) is 18.1 Å². The standard InChI is InChI=1S/C28H24O/c1-2-14-23-15-12-13-22-27(23)29-28(24-16-6-3-7-17-24,25-18-8-4-9-19-25)26-20-10-5-11-21-26/h2-13,15-22H,1,14H2. The molecule has 0 heterocycles. The summed E-state index contributed by atoms with van der Waals surface area (Å²) in [4.78, 5) is 0. The molecule has 0 bridgehead atoms. The summed E-state index contributed by atoms with van der Waals surface area (Å²) in [5.74, 6) is 0.865. The summed E-state index contributed by atoms with van der Waals surface area (Å²) in [5, 5.41) is 0. The first-order valence-corrected chi connectivity index (χ1v) is 9.89. The second-order valence-corrected chi connectivity index (χ2v) is 6.98. The summed E-state index contributed by atoms with van der Waals surface area (Å²) < 4.78 is 7.00. The fraction of sp³-hybridized carbons (Fsp3) is 0.0714. The molecule has 0 amide bonds. The third kappa shape index (κ3) is 3.72. The van der Waals surface area contributed by atoms with E-state index in [0.29, 0.717) is 0 Å². The first-order chi connectivity index (χ1) is 14.3. The van der Waals surface area contributed by atoms with Crippen molar-refractivity contribution in [1.29, 1.82) is 0 Å². The van der Waals surface area contributed by atoms with Crippen molar-refractivity contribution >= 4 is 0 Å². The molecule has 0 aromatic heterocycles. The van der Waals surface area contributed by atoms with Gasteiger partial charge in [0.15, 0.2) is 5.60 Å². The van der Waals surface area contributed by atoms with Crippen molar-refractivity contribution in [2.24, 2.45) is 0 Å². The Hall–Kier alpha value is -3.58. The highest BCUT2D eigenvalue weighted by Crippen LogP contribution is 2.42. The molecule has 0 saturated heterocycles. The Balaban J connectivity index is 2.00. The molecule has 0 N–H and O–H groups in total. The van der Waals surface area contributed by atoms with Gasteiger partial charge in [-0.3, -0.25) is 0 Å². The number of para-hydroxylation sites is 1. The molecule has 0 unspecified atom stereocenters. The van der Waals surface area contributed by atoms with Crippen LogP contribution in [0.3, 0.4) is 0 Å². The molecule has 0 aliphatic heterocycles. The van der Waals surface area contributed by atoms with Gasteiger partial charge in [-0.2, -0.15) is 0 Å². The van der Waals surface area contributed by atoms with E-state index in [9.17, 15) is 0 Å². The van der Waals surface area contributed by atoms with Crippen molar-refractivity contribution in [2.45, 2.75) is 12.0 Å². The van der Waals surface area contributed by atoms with Crippen LogP contribution in [0.5, 0.6) is 5.75 Å². The highest BCUT2D eigenvalue weighted by atomic mass is 16.5. The largest absolute Gasteiger partial charge is 0.473 e. The van der Waals surface area contributed by atoms with Crippen LogP contribution >= 0.6 is 0 Å². The molecule has 0 fully saturated rings. The summed E-state index contributed by atoms with van der Waals surface area (Å²) in [7, 11) is 0. The highest BCUT2D eigenvalue weighted by Gasteiger charge is 2.39. The highest BCUT2D eigenvalue weighted by molar-refractivity contribution is 5.50. The summed E-state index contributed by atoms with van der Waals surface area (Å²) >= 11 is 0. The van der Waals surface area contributed by atoms with E-state index in [-0.39, 0.29) is 0 Å². The minimum Gasteiger partial charge on any atom is -0.473 e. The van der Waals surface area contributed by atoms with E-state index in [1.807, 2.05) is 42.5 Å². The van der Waals surface area contributed by atoms with E-state index in [4.69, 9.17) is 4.74 Å². The zero-order chi connectivity index (χ0) is 19.9. The molecule has 4 aromatic rings. The summed E-state index contributed by atoms with van der Waals surface area (Å²) in [6.45, 7) is 3.91. The first kappa shape index (κ1) is 18.8. The second-order valence-electron chi connectivity index (χ2n) is 6.98. The van der Waals surface area contributed by atoms with Crippen LogP contribution < -0.4 is 4.74 Å². The van der Waals surface area contributed by atoms with Gasteiger partial charge >= 0.3 is 0 Å². The van der Waals surface area contributed by atoms with Crippen LogP contribution in [0.1, 0.15) is 22.3 Å². The van der Waals surface area contributed by atoms with Crippen molar-refractivity contribution in [1.82, 2.24) is 0 Å². The summed E-state index contributed by atoms with van der Waals surface area (Å²) in [5.41, 5.74) is 3.62. The van der Waals surface area contributed by atoms with Gasteiger partial charge < -0.3 is 4.74 Å². The Morgan fingerprint density at radius 1 is 0.586 bits per heavy atom. The Morgan fingerprint density at radius 2 is 1.00 bits per heavy atom. The Labute approximate surface area is 172 Å². The molecule has 4 aromatic carbocycles. The topological polar surface area (TPSA) is 9.23 Å². The van der Waals surface area contributed by atoms with Gasteiger partial charge in [0.25, 0.3) is 0 Å². The maximum atomic E-state index is 7.00. The lowest BCUT2D eigenvalue weighted by Gasteiger charge is -2.37. The number of allylic oxidation sites excluding steroid dienone is 1. The van der Waals surface area contributed by atoms with Crippen LogP contribution in [0.15, 0.2) is 128 Å². The van der Waals surface area contributed by atoms with E-state index in [0.717, 1.165) is 34.4 Å². The zero-order valence-electron chi connectivity index (χ0n) is 16.4. The average Bonchev–Trinajstić information content (AvgIpc) is 2.80. The van der Waals surface area contributed by atoms with E-state index < -0.39 is 5.60 Å². The van der Waals surface area contributed by atoms with Crippen molar-refractivity contribution in [3.63, 3.8) is 0 Å². The molecular weight excluding hydrogens is 352 g/mol. The smallest absolute Gasteiger partial charge is 0.184 e. The summed E-state index contributed by atoms with van der Waals surface area (Å²) in [6.07, 6.45) is 2.67. The summed E-state index contributed by atoms with van der Waals surface area (Å²) in [6, 6.07) is 39.5. The molecule has 0 aliphatic carbocycles. The maximum absolute atomic E-state index is 7.00. The van der Waals surface area contributed by atoms with Gasteiger partial charge in [-0.15, -0.1) is 6.58 Å². The molecule has 1 heteroatoms. The third-order valence-corrected chi connectivity index (χ3v) is 5.14. The molecule has 0 atom stereocenters. The number of benzene rings is 4. The minimum absolute atomic E-state index is 0.755. The van der Waals surface area contributed by atoms with Crippen molar-refractivity contribution in [3.05, 3.63) is 150 Å². The average molecular weight is 376 g/mol. The zero-order valence-corrected chi connectivity index (χ0v) is 16.4. The lowest BCUT2D eigenvalue weighted by atomic mass is 9.80. The molecule has 29 heavy (non-hydrogen) atoms. The van der Waals surface area contributed by atoms with Gasteiger partial charge in [0, 0.05) is 16.7 Å². The van der Waals surface area contributed by atoms with E-state index in [1.54, 1.807) is 0 Å². The van der Waals surface area contributed by atoms with Crippen LogP contribution in [0.25, 0.3) is 0 Å². The fourth-order valence-corrected chi connectivity index (χ4v) is 3.79. The minimum atomic E-state index is -0.763. The Kier molecular flexibility index (Phi) is 5.58. The predicted molar refractivity (Wildman–Crippen MR) is 120 cm³/mol. The second kappa shape index (κ2) is 8.62. The molecule has 1 nitrogen and oxygen atoms in total. The Morgan fingerprint density at radius 3 is 1.45 bits per heavy atom. The van der Waals surface area contributed by atoms with Crippen molar-refractivity contribution in [2.75, 3.05) is 0 Å². The molecule has 0 spiro atoms. The van der Waals surface area contributed by atoms with E-state index in [1.165, 1.54) is 0 Å². The quantitative estimate of drug-likeness (QED) is 0.255. The van der Waals surface area contributed by atoms with Crippen molar-refractivity contribution in [3.8, 4) is 5.75 Å². The van der Waals surface area contributed by atoms with E-state index >= 15 is 0 Å². The van der Waals surface area contributed by atoms with Crippen LogP contribution in [0.2, 0.25) is 0 Å². The van der Waals surface area contributed by atoms with E-state index in [2.05, 4.69) is 85.4 Å². The molecule has 4 rings (SSSR count). The number of rotatable bonds is 7. The molecule has 142 valence electrons. The number of ether oxygens (including phenoxy) is 1. The number of hydrogen-bond donors (Lipinski definition) is 0. The monoisotopic (exact) mass is 376 g/mol. The van der Waals surface area contributed by atoms with Gasteiger partial charge in [0.2, 0.25) is 0 Å². The first-order valence-electron chi connectivity index (χ1n) is 9.89. The van der Waals surface area contributed by atoms with Crippen LogP contribution in [0.4, 0.5) is 0 Å². The lowest BCUT2D eigenvalue weighted by molar-refractivity contribution is 0.154.